The summed E-state index contributed by atoms with van der Waals surface area (Å²) in [6.45, 7) is 8.47. The van der Waals surface area contributed by atoms with Crippen LogP contribution in [-0.2, 0) is 16.6 Å². The molecule has 1 heterocycles. The minimum atomic E-state index is -0.477. The normalized spacial score (nSPS) is 13.1. The predicted octanol–water partition coefficient (Wildman–Crippen LogP) is 4.72. The summed E-state index contributed by atoms with van der Waals surface area (Å²) in [5.74, 6) is -0.523. The molecule has 1 atom stereocenters. The van der Waals surface area contributed by atoms with Crippen molar-refractivity contribution in [3.8, 4) is 0 Å². The van der Waals surface area contributed by atoms with Gasteiger partial charge in [0.25, 0.3) is 0 Å². The zero-order valence-corrected chi connectivity index (χ0v) is 15.8. The number of ketones is 1. The molecule has 0 aliphatic heterocycles. The average Bonchev–Trinajstić information content (AvgIpc) is 2.97. The first kappa shape index (κ1) is 18.2. The number of Topliss-reactive ketones (excluding diaryl/α,β-unsaturated/α-hetero) is 1. The smallest absolute Gasteiger partial charge is 0.408 e. The molecule has 4 nitrogen and oxygen atoms in total. The van der Waals surface area contributed by atoms with Crippen LogP contribution in [0.3, 0.4) is 0 Å². The third-order valence-corrected chi connectivity index (χ3v) is 4.91. The zero-order valence-electron chi connectivity index (χ0n) is 15.8. The van der Waals surface area contributed by atoms with Crippen LogP contribution in [0.1, 0.15) is 56.7 Å². The van der Waals surface area contributed by atoms with Crippen molar-refractivity contribution in [3.05, 3.63) is 69.7 Å². The van der Waals surface area contributed by atoms with E-state index in [9.17, 15) is 9.59 Å². The predicted molar refractivity (Wildman–Crippen MR) is 104 cm³/mol. The van der Waals surface area contributed by atoms with Crippen molar-refractivity contribution in [2.24, 2.45) is 0 Å². The molecule has 3 aromatic rings. The summed E-state index contributed by atoms with van der Waals surface area (Å²) in [7, 11) is 0. The number of rotatable bonds is 5. The average molecular weight is 351 g/mol. The third-order valence-electron chi connectivity index (χ3n) is 4.91. The molecule has 1 aromatic heterocycles. The molecule has 0 aliphatic rings. The van der Waals surface area contributed by atoms with E-state index in [2.05, 4.69) is 50.0 Å². The maximum atomic E-state index is 12.6. The number of nitrogens with one attached hydrogen (secondary N) is 1. The Labute approximate surface area is 153 Å². The van der Waals surface area contributed by atoms with Gasteiger partial charge in [0.2, 0.25) is 0 Å². The van der Waals surface area contributed by atoms with Crippen LogP contribution >= 0.6 is 0 Å². The number of carbonyl (C=O) groups is 1. The summed E-state index contributed by atoms with van der Waals surface area (Å²) < 4.78 is 5.08. The van der Waals surface area contributed by atoms with E-state index in [1.807, 2.05) is 13.0 Å². The van der Waals surface area contributed by atoms with E-state index in [0.717, 1.165) is 12.0 Å². The summed E-state index contributed by atoms with van der Waals surface area (Å²) in [6.07, 6.45) is 1.22. The molecule has 3 rings (SSSR count). The highest BCUT2D eigenvalue weighted by molar-refractivity contribution is 5.86. The Morgan fingerprint density at radius 1 is 1.12 bits per heavy atom. The van der Waals surface area contributed by atoms with Crippen LogP contribution in [0.25, 0.3) is 11.1 Å². The molecule has 1 unspecified atom stereocenters. The van der Waals surface area contributed by atoms with Crippen molar-refractivity contribution in [3.63, 3.8) is 0 Å². The first-order valence-corrected chi connectivity index (χ1v) is 8.99. The Hall–Kier alpha value is -2.62. The lowest BCUT2D eigenvalue weighted by molar-refractivity contribution is -0.120. The molecule has 0 saturated carbocycles. The molecular weight excluding hydrogens is 326 g/mol. The van der Waals surface area contributed by atoms with E-state index in [0.29, 0.717) is 17.5 Å². The van der Waals surface area contributed by atoms with Crippen LogP contribution in [-0.4, -0.2) is 10.8 Å². The van der Waals surface area contributed by atoms with Crippen molar-refractivity contribution in [1.29, 1.82) is 0 Å². The maximum Gasteiger partial charge on any atom is 0.417 e. The van der Waals surface area contributed by atoms with Crippen molar-refractivity contribution < 1.29 is 9.21 Å². The van der Waals surface area contributed by atoms with Crippen molar-refractivity contribution in [2.75, 3.05) is 0 Å². The van der Waals surface area contributed by atoms with Gasteiger partial charge in [0.05, 0.1) is 5.52 Å². The minimum absolute atomic E-state index is 0.134. The van der Waals surface area contributed by atoms with E-state index < -0.39 is 5.76 Å². The van der Waals surface area contributed by atoms with Crippen LogP contribution < -0.4 is 5.76 Å². The second-order valence-corrected chi connectivity index (χ2v) is 7.91. The number of benzene rings is 2. The van der Waals surface area contributed by atoms with E-state index in [1.54, 1.807) is 12.1 Å². The number of oxazole rings is 1. The van der Waals surface area contributed by atoms with E-state index in [1.165, 1.54) is 11.1 Å². The first-order chi connectivity index (χ1) is 12.2. The summed E-state index contributed by atoms with van der Waals surface area (Å²) >= 11 is 0. The second kappa shape index (κ2) is 6.94. The molecule has 0 radical (unpaired) electrons. The van der Waals surface area contributed by atoms with E-state index in [-0.39, 0.29) is 17.1 Å². The summed E-state index contributed by atoms with van der Waals surface area (Å²) in [6, 6.07) is 13.9. The van der Waals surface area contributed by atoms with Gasteiger partial charge in [-0.3, -0.25) is 9.78 Å². The van der Waals surface area contributed by atoms with Gasteiger partial charge in [0, 0.05) is 12.3 Å². The summed E-state index contributed by atoms with van der Waals surface area (Å²) in [5, 5.41) is 0. The molecule has 0 bridgehead atoms. The Balaban J connectivity index is 1.65. The van der Waals surface area contributed by atoms with Crippen LogP contribution in [0.5, 0.6) is 0 Å². The van der Waals surface area contributed by atoms with Gasteiger partial charge >= 0.3 is 5.76 Å². The fraction of sp³-hybridized carbons (Fsp3) is 0.364. The molecule has 136 valence electrons. The van der Waals surface area contributed by atoms with Crippen LogP contribution in [0, 0.1) is 0 Å². The quantitative estimate of drug-likeness (QED) is 0.723. The summed E-state index contributed by atoms with van der Waals surface area (Å²) in [5.41, 5.74) is 4.61. The van der Waals surface area contributed by atoms with Crippen LogP contribution in [0.2, 0.25) is 0 Å². The second-order valence-electron chi connectivity index (χ2n) is 7.91. The van der Waals surface area contributed by atoms with Crippen LogP contribution in [0.4, 0.5) is 0 Å². The van der Waals surface area contributed by atoms with Crippen molar-refractivity contribution in [1.82, 2.24) is 4.98 Å². The Kier molecular flexibility index (Phi) is 4.86. The van der Waals surface area contributed by atoms with Gasteiger partial charge in [-0.1, -0.05) is 58.0 Å². The molecule has 2 aromatic carbocycles. The van der Waals surface area contributed by atoms with Crippen LogP contribution in [0.15, 0.2) is 51.7 Å². The van der Waals surface area contributed by atoms with Gasteiger partial charge in [0.1, 0.15) is 5.78 Å². The fourth-order valence-electron chi connectivity index (χ4n) is 3.07. The number of H-pyrrole nitrogens is 1. The Morgan fingerprint density at radius 2 is 1.81 bits per heavy atom. The summed E-state index contributed by atoms with van der Waals surface area (Å²) in [4.78, 5) is 26.5. The Bertz CT molecular complexity index is 971. The van der Waals surface area contributed by atoms with Crippen molar-refractivity contribution >= 4 is 16.9 Å². The largest absolute Gasteiger partial charge is 0.417 e. The van der Waals surface area contributed by atoms with Gasteiger partial charge in [-0.2, -0.15) is 0 Å². The standard InChI is InChI=1S/C22H25NO3/c1-14(16-8-11-18-20(13-16)26-21(25)23-18)19(24)12-7-15-5-9-17(10-6-15)22(2,3)4/h5-6,8-11,13-14H,7,12H2,1-4H3,(H,23,25). The SMILES string of the molecule is CC(C(=O)CCc1ccc(C(C)(C)C)cc1)c1ccc2[nH]c(=O)oc2c1. The molecule has 0 saturated heterocycles. The molecule has 0 amide bonds. The zero-order chi connectivity index (χ0) is 18.9. The molecule has 1 N–H and O–H groups in total. The lowest BCUT2D eigenvalue weighted by Gasteiger charge is -2.19. The topological polar surface area (TPSA) is 63.1 Å². The maximum absolute atomic E-state index is 12.6. The highest BCUT2D eigenvalue weighted by Gasteiger charge is 2.17. The molecular formula is C22H25NO3. The van der Waals surface area contributed by atoms with Gasteiger partial charge < -0.3 is 4.42 Å². The lowest BCUT2D eigenvalue weighted by Crippen LogP contribution is -2.11. The minimum Gasteiger partial charge on any atom is -0.408 e. The number of aromatic nitrogens is 1. The van der Waals surface area contributed by atoms with Gasteiger partial charge in [0.15, 0.2) is 5.58 Å². The highest BCUT2D eigenvalue weighted by Crippen LogP contribution is 2.24. The van der Waals surface area contributed by atoms with Gasteiger partial charge in [-0.05, 0) is 40.7 Å². The number of hydrogen-bond donors (Lipinski definition) is 1. The molecule has 0 aliphatic carbocycles. The van der Waals surface area contributed by atoms with Gasteiger partial charge in [-0.15, -0.1) is 0 Å². The number of carbonyl (C=O) groups excluding carboxylic acids is 1. The molecule has 0 fully saturated rings. The Morgan fingerprint density at radius 3 is 2.46 bits per heavy atom. The molecule has 4 heteroatoms. The molecule has 0 spiro atoms. The van der Waals surface area contributed by atoms with E-state index in [4.69, 9.17) is 4.42 Å². The lowest BCUT2D eigenvalue weighted by atomic mass is 9.86. The van der Waals surface area contributed by atoms with E-state index >= 15 is 0 Å². The number of aryl methyl sites for hydroxylation is 1. The number of aromatic amines is 1. The third kappa shape index (κ3) is 3.96. The highest BCUT2D eigenvalue weighted by atomic mass is 16.4. The van der Waals surface area contributed by atoms with Crippen molar-refractivity contribution in [2.45, 2.75) is 51.9 Å². The molecule has 26 heavy (non-hydrogen) atoms. The number of fused-ring (bicyclic) bond motifs is 1. The first-order valence-electron chi connectivity index (χ1n) is 8.99. The van der Waals surface area contributed by atoms with Gasteiger partial charge in [-0.25, -0.2) is 4.79 Å². The number of hydrogen-bond acceptors (Lipinski definition) is 3. The monoisotopic (exact) mass is 351 g/mol. The fourth-order valence-corrected chi connectivity index (χ4v) is 3.07.